The van der Waals surface area contributed by atoms with Crippen molar-refractivity contribution < 1.29 is 19.4 Å². The summed E-state index contributed by atoms with van der Waals surface area (Å²) in [4.78, 5) is 12.1. The van der Waals surface area contributed by atoms with E-state index in [9.17, 15) is 9.90 Å². The van der Waals surface area contributed by atoms with Gasteiger partial charge in [-0.2, -0.15) is 0 Å². The maximum absolute atomic E-state index is 12.1. The van der Waals surface area contributed by atoms with Gasteiger partial charge in [-0.15, -0.1) is 0 Å². The Labute approximate surface area is 271 Å². The highest BCUT2D eigenvalue weighted by atomic mass is 16.6. The molecule has 0 aromatic rings. The Balaban J connectivity index is 3.62. The standard InChI is InChI=1S/C40H66O4/c1-3-5-7-9-11-13-15-17-19-20-21-23-25-27-29-31-33-35-40(42)44-39(37-41)38-43-36-34-32-30-28-26-24-22-18-16-14-12-10-8-6-4-2/h5,7,10-13,16-19,21,23,27,29,39,41H,3-4,6,8-9,14-15,20,22,24-26,28,30-38H2,1-2H3/b7-5-,12-10-,13-11-,18-16-,19-17-,23-21-,29-27-. The second kappa shape index (κ2) is 36.8. The molecule has 0 rings (SSSR count). The molecule has 0 bridgehead atoms. The molecule has 44 heavy (non-hydrogen) atoms. The number of hydrogen-bond donors (Lipinski definition) is 1. The molecule has 0 aliphatic rings. The van der Waals surface area contributed by atoms with Gasteiger partial charge in [-0.25, -0.2) is 0 Å². The third-order valence-electron chi connectivity index (χ3n) is 6.95. The molecular weight excluding hydrogens is 544 g/mol. The van der Waals surface area contributed by atoms with Crippen molar-refractivity contribution in [2.75, 3.05) is 19.8 Å². The van der Waals surface area contributed by atoms with Gasteiger partial charge in [-0.1, -0.05) is 137 Å². The minimum atomic E-state index is -0.573. The molecule has 0 saturated carbocycles. The van der Waals surface area contributed by atoms with Gasteiger partial charge in [0.15, 0.2) is 0 Å². The van der Waals surface area contributed by atoms with Gasteiger partial charge in [0.2, 0.25) is 0 Å². The van der Waals surface area contributed by atoms with Crippen LogP contribution in [0.4, 0.5) is 0 Å². The Morgan fingerprint density at radius 1 is 0.568 bits per heavy atom. The van der Waals surface area contributed by atoms with Crippen LogP contribution >= 0.6 is 0 Å². The van der Waals surface area contributed by atoms with Crippen LogP contribution in [-0.4, -0.2) is 37.0 Å². The average Bonchev–Trinajstić information content (AvgIpc) is 3.03. The van der Waals surface area contributed by atoms with Gasteiger partial charge in [-0.3, -0.25) is 4.79 Å². The summed E-state index contributed by atoms with van der Waals surface area (Å²) in [5.74, 6) is -0.265. The first-order chi connectivity index (χ1) is 21.7. The van der Waals surface area contributed by atoms with Gasteiger partial charge in [0.1, 0.15) is 6.10 Å². The SMILES string of the molecule is CC/C=C\C/C=C\C/C=C\C/C=C\C/C=C\CCCC(=O)OC(CO)COCCCCCCCC/C=C\C/C=C\CCCC. The quantitative estimate of drug-likeness (QED) is 0.0482. The van der Waals surface area contributed by atoms with E-state index in [-0.39, 0.29) is 19.2 Å². The molecule has 1 atom stereocenters. The molecule has 0 heterocycles. The van der Waals surface area contributed by atoms with Crippen molar-refractivity contribution >= 4 is 5.97 Å². The van der Waals surface area contributed by atoms with E-state index in [0.29, 0.717) is 13.0 Å². The normalized spacial score (nSPS) is 13.4. The molecule has 0 spiro atoms. The first-order valence-corrected chi connectivity index (χ1v) is 17.7. The number of rotatable bonds is 31. The molecule has 0 amide bonds. The Morgan fingerprint density at radius 2 is 1.02 bits per heavy atom. The lowest BCUT2D eigenvalue weighted by Gasteiger charge is -2.15. The first kappa shape index (κ1) is 41.6. The highest BCUT2D eigenvalue weighted by Crippen LogP contribution is 2.09. The zero-order valence-corrected chi connectivity index (χ0v) is 28.4. The fourth-order valence-corrected chi connectivity index (χ4v) is 4.32. The third kappa shape index (κ3) is 34.1. The zero-order chi connectivity index (χ0) is 32.0. The van der Waals surface area contributed by atoms with E-state index < -0.39 is 6.10 Å². The van der Waals surface area contributed by atoms with Crippen LogP contribution in [0.2, 0.25) is 0 Å². The number of carbonyl (C=O) groups is 1. The molecule has 1 N–H and O–H groups in total. The van der Waals surface area contributed by atoms with Crippen molar-refractivity contribution in [1.82, 2.24) is 0 Å². The van der Waals surface area contributed by atoms with E-state index in [0.717, 1.165) is 64.2 Å². The highest BCUT2D eigenvalue weighted by molar-refractivity contribution is 5.69. The van der Waals surface area contributed by atoms with Crippen molar-refractivity contribution in [3.8, 4) is 0 Å². The van der Waals surface area contributed by atoms with Crippen molar-refractivity contribution in [3.05, 3.63) is 85.1 Å². The number of allylic oxidation sites excluding steroid dienone is 14. The summed E-state index contributed by atoms with van der Waals surface area (Å²) >= 11 is 0. The maximum Gasteiger partial charge on any atom is 0.306 e. The molecule has 0 aromatic heterocycles. The van der Waals surface area contributed by atoms with Crippen LogP contribution in [0.3, 0.4) is 0 Å². The predicted molar refractivity (Wildman–Crippen MR) is 191 cm³/mol. The third-order valence-corrected chi connectivity index (χ3v) is 6.95. The van der Waals surface area contributed by atoms with Crippen LogP contribution in [0, 0.1) is 0 Å². The van der Waals surface area contributed by atoms with Gasteiger partial charge < -0.3 is 14.6 Å². The number of aliphatic hydroxyl groups is 1. The summed E-state index contributed by atoms with van der Waals surface area (Å²) in [6.45, 7) is 5.08. The van der Waals surface area contributed by atoms with Crippen molar-refractivity contribution in [1.29, 1.82) is 0 Å². The lowest BCUT2D eigenvalue weighted by Crippen LogP contribution is -2.27. The monoisotopic (exact) mass is 610 g/mol. The maximum atomic E-state index is 12.1. The van der Waals surface area contributed by atoms with Gasteiger partial charge in [0, 0.05) is 13.0 Å². The average molecular weight is 611 g/mol. The van der Waals surface area contributed by atoms with E-state index in [4.69, 9.17) is 9.47 Å². The minimum absolute atomic E-state index is 0.204. The van der Waals surface area contributed by atoms with E-state index in [1.807, 2.05) is 0 Å². The molecule has 0 saturated heterocycles. The molecule has 0 aliphatic heterocycles. The summed E-state index contributed by atoms with van der Waals surface area (Å²) < 4.78 is 11.0. The molecule has 250 valence electrons. The molecule has 0 radical (unpaired) electrons. The van der Waals surface area contributed by atoms with E-state index in [1.54, 1.807) is 0 Å². The summed E-state index contributed by atoms with van der Waals surface area (Å²) in [6.07, 6.45) is 50.5. The molecular formula is C40H66O4. The topological polar surface area (TPSA) is 55.8 Å². The smallest absolute Gasteiger partial charge is 0.306 e. The number of hydrogen-bond acceptors (Lipinski definition) is 4. The first-order valence-electron chi connectivity index (χ1n) is 17.7. The zero-order valence-electron chi connectivity index (χ0n) is 28.4. The fourth-order valence-electron chi connectivity index (χ4n) is 4.32. The van der Waals surface area contributed by atoms with Crippen LogP contribution in [-0.2, 0) is 14.3 Å². The lowest BCUT2D eigenvalue weighted by molar-refractivity contribution is -0.154. The number of ether oxygens (including phenoxy) is 2. The number of aliphatic hydroxyl groups excluding tert-OH is 1. The lowest BCUT2D eigenvalue weighted by atomic mass is 10.1. The Kier molecular flexibility index (Phi) is 34.7. The minimum Gasteiger partial charge on any atom is -0.457 e. The van der Waals surface area contributed by atoms with Crippen LogP contribution in [0.5, 0.6) is 0 Å². The van der Waals surface area contributed by atoms with Gasteiger partial charge in [0.25, 0.3) is 0 Å². The summed E-state index contributed by atoms with van der Waals surface area (Å²) in [7, 11) is 0. The van der Waals surface area contributed by atoms with Gasteiger partial charge >= 0.3 is 5.97 Å². The molecule has 0 aliphatic carbocycles. The summed E-state index contributed by atoms with van der Waals surface area (Å²) in [6, 6.07) is 0. The van der Waals surface area contributed by atoms with Crippen molar-refractivity contribution in [2.45, 2.75) is 142 Å². The van der Waals surface area contributed by atoms with Crippen molar-refractivity contribution in [3.63, 3.8) is 0 Å². The van der Waals surface area contributed by atoms with Crippen molar-refractivity contribution in [2.24, 2.45) is 0 Å². The summed E-state index contributed by atoms with van der Waals surface area (Å²) in [5, 5.41) is 9.54. The second-order valence-electron chi connectivity index (χ2n) is 11.2. The molecule has 1 unspecified atom stereocenters. The Hall–Kier alpha value is -2.43. The fraction of sp³-hybridized carbons (Fsp3) is 0.625. The number of esters is 1. The Bertz CT molecular complexity index is 815. The van der Waals surface area contributed by atoms with E-state index in [1.165, 1.54) is 51.4 Å². The van der Waals surface area contributed by atoms with E-state index in [2.05, 4.69) is 98.9 Å². The number of carbonyl (C=O) groups excluding carboxylic acids is 1. The van der Waals surface area contributed by atoms with Crippen LogP contribution in [0.15, 0.2) is 85.1 Å². The predicted octanol–water partition coefficient (Wildman–Crippen LogP) is 11.3. The van der Waals surface area contributed by atoms with Gasteiger partial charge in [-0.05, 0) is 77.0 Å². The van der Waals surface area contributed by atoms with Crippen LogP contribution in [0.25, 0.3) is 0 Å². The molecule has 0 aromatic carbocycles. The Morgan fingerprint density at radius 3 is 1.55 bits per heavy atom. The second-order valence-corrected chi connectivity index (χ2v) is 11.2. The van der Waals surface area contributed by atoms with Gasteiger partial charge in [0.05, 0.1) is 13.2 Å². The van der Waals surface area contributed by atoms with E-state index >= 15 is 0 Å². The number of unbranched alkanes of at least 4 members (excludes halogenated alkanes) is 9. The highest BCUT2D eigenvalue weighted by Gasteiger charge is 2.13. The van der Waals surface area contributed by atoms with Crippen LogP contribution in [0.1, 0.15) is 136 Å². The molecule has 4 heteroatoms. The molecule has 4 nitrogen and oxygen atoms in total. The van der Waals surface area contributed by atoms with Crippen LogP contribution < -0.4 is 0 Å². The summed E-state index contributed by atoms with van der Waals surface area (Å²) in [5.41, 5.74) is 0. The molecule has 0 fully saturated rings. The largest absolute Gasteiger partial charge is 0.457 e.